The van der Waals surface area contributed by atoms with Crippen molar-refractivity contribution < 1.29 is 9.53 Å². The number of hydrogen-bond acceptors (Lipinski definition) is 2. The number of carbonyl (C=O) groups is 1. The van der Waals surface area contributed by atoms with E-state index in [9.17, 15) is 4.79 Å². The van der Waals surface area contributed by atoms with Crippen LogP contribution in [0.2, 0.25) is 0 Å². The molecule has 1 aromatic rings. The number of ether oxygens (including phenoxy) is 1. The van der Waals surface area contributed by atoms with E-state index >= 15 is 0 Å². The molecule has 0 N–H and O–H groups in total. The van der Waals surface area contributed by atoms with Crippen LogP contribution in [0.25, 0.3) is 6.08 Å². The number of esters is 1. The van der Waals surface area contributed by atoms with E-state index < -0.39 is 0 Å². The molecule has 2 nitrogen and oxygen atoms in total. The first-order valence-electron chi connectivity index (χ1n) is 5.19. The molecule has 0 fully saturated rings. The highest BCUT2D eigenvalue weighted by atomic mass is 16.5. The fraction of sp³-hybridized carbons (Fsp3) is 0.214. The number of benzene rings is 1. The smallest absolute Gasteiger partial charge is 0.333 e. The van der Waals surface area contributed by atoms with Crippen molar-refractivity contribution in [1.29, 1.82) is 0 Å². The number of carbonyl (C=O) groups excluding carboxylic acids is 1. The quantitative estimate of drug-likeness (QED) is 0.570. The first-order chi connectivity index (χ1) is 7.59. The van der Waals surface area contributed by atoms with Gasteiger partial charge in [0.1, 0.15) is 6.10 Å². The zero-order chi connectivity index (χ0) is 12.0. The third kappa shape index (κ3) is 4.13. The summed E-state index contributed by atoms with van der Waals surface area (Å²) in [7, 11) is 0. The Kier molecular flexibility index (Phi) is 4.52. The van der Waals surface area contributed by atoms with E-state index in [-0.39, 0.29) is 12.1 Å². The summed E-state index contributed by atoms with van der Waals surface area (Å²) in [5, 5.41) is 0. The minimum absolute atomic E-state index is 0.246. The van der Waals surface area contributed by atoms with Gasteiger partial charge in [-0.25, -0.2) is 4.79 Å². The maximum absolute atomic E-state index is 11.2. The molecular weight excluding hydrogens is 200 g/mol. The molecule has 0 saturated heterocycles. The topological polar surface area (TPSA) is 26.3 Å². The van der Waals surface area contributed by atoms with Crippen molar-refractivity contribution in [3.63, 3.8) is 0 Å². The zero-order valence-corrected chi connectivity index (χ0v) is 9.64. The lowest BCUT2D eigenvalue weighted by Crippen LogP contribution is -2.12. The van der Waals surface area contributed by atoms with Crippen LogP contribution < -0.4 is 0 Å². The van der Waals surface area contributed by atoms with Gasteiger partial charge in [0.2, 0.25) is 0 Å². The lowest BCUT2D eigenvalue weighted by Gasteiger charge is -2.08. The fourth-order valence-electron chi connectivity index (χ4n) is 1.12. The molecule has 84 valence electrons. The molecule has 0 aliphatic carbocycles. The standard InChI is InChI=1S/C14H16O2/c1-11(2)14(15)16-12(3)9-10-13-7-5-4-6-8-13/h4-10,12H,1H2,2-3H3. The summed E-state index contributed by atoms with van der Waals surface area (Å²) in [6, 6.07) is 9.87. The Bertz CT molecular complexity index is 390. The third-order valence-corrected chi connectivity index (χ3v) is 2.00. The van der Waals surface area contributed by atoms with Crippen molar-refractivity contribution in [1.82, 2.24) is 0 Å². The molecule has 1 atom stereocenters. The van der Waals surface area contributed by atoms with Gasteiger partial charge in [-0.05, 0) is 25.5 Å². The minimum Gasteiger partial charge on any atom is -0.455 e. The molecule has 2 heteroatoms. The van der Waals surface area contributed by atoms with E-state index in [1.807, 2.05) is 49.4 Å². The molecule has 0 amide bonds. The fourth-order valence-corrected chi connectivity index (χ4v) is 1.12. The Morgan fingerprint density at radius 3 is 2.56 bits per heavy atom. The number of rotatable bonds is 4. The molecule has 0 heterocycles. The first-order valence-corrected chi connectivity index (χ1v) is 5.19. The Balaban J connectivity index is 2.52. The monoisotopic (exact) mass is 216 g/mol. The average Bonchev–Trinajstić information content (AvgIpc) is 2.27. The summed E-state index contributed by atoms with van der Waals surface area (Å²) in [5.41, 5.74) is 1.50. The van der Waals surface area contributed by atoms with E-state index in [0.29, 0.717) is 5.57 Å². The molecule has 0 aromatic heterocycles. The van der Waals surface area contributed by atoms with E-state index in [2.05, 4.69) is 6.58 Å². The highest BCUT2D eigenvalue weighted by molar-refractivity contribution is 5.87. The van der Waals surface area contributed by atoms with Crippen LogP contribution in [0.4, 0.5) is 0 Å². The molecule has 1 aromatic carbocycles. The SMILES string of the molecule is C=C(C)C(=O)OC(C)C=Cc1ccccc1. The molecular formula is C14H16O2. The molecule has 1 rings (SSSR count). The Labute approximate surface area is 96.2 Å². The van der Waals surface area contributed by atoms with E-state index in [0.717, 1.165) is 5.56 Å². The summed E-state index contributed by atoms with van der Waals surface area (Å²) in [5.74, 6) is -0.356. The van der Waals surface area contributed by atoms with Crippen molar-refractivity contribution in [3.05, 3.63) is 54.1 Å². The lowest BCUT2D eigenvalue weighted by molar-refractivity contribution is -0.141. The van der Waals surface area contributed by atoms with E-state index in [1.165, 1.54) is 0 Å². The van der Waals surface area contributed by atoms with Crippen LogP contribution in [0, 0.1) is 0 Å². The van der Waals surface area contributed by atoms with Crippen LogP contribution in [-0.4, -0.2) is 12.1 Å². The normalized spacial score (nSPS) is 12.4. The van der Waals surface area contributed by atoms with Gasteiger partial charge in [-0.2, -0.15) is 0 Å². The largest absolute Gasteiger partial charge is 0.455 e. The van der Waals surface area contributed by atoms with Crippen molar-refractivity contribution in [2.75, 3.05) is 0 Å². The van der Waals surface area contributed by atoms with E-state index in [4.69, 9.17) is 4.74 Å². The number of hydrogen-bond donors (Lipinski definition) is 0. The summed E-state index contributed by atoms with van der Waals surface area (Å²) in [6.07, 6.45) is 3.52. The molecule has 16 heavy (non-hydrogen) atoms. The molecule has 0 spiro atoms. The average molecular weight is 216 g/mol. The van der Waals surface area contributed by atoms with Gasteiger partial charge >= 0.3 is 5.97 Å². The molecule has 1 unspecified atom stereocenters. The molecule has 0 aliphatic heterocycles. The van der Waals surface area contributed by atoms with Gasteiger partial charge < -0.3 is 4.74 Å². The summed E-state index contributed by atoms with van der Waals surface area (Å²) >= 11 is 0. The van der Waals surface area contributed by atoms with E-state index in [1.54, 1.807) is 6.92 Å². The van der Waals surface area contributed by atoms with Crippen LogP contribution >= 0.6 is 0 Å². The van der Waals surface area contributed by atoms with Crippen LogP contribution in [-0.2, 0) is 9.53 Å². The molecule has 0 bridgehead atoms. The van der Waals surface area contributed by atoms with Crippen molar-refractivity contribution >= 4 is 12.0 Å². The molecule has 0 aliphatic rings. The summed E-state index contributed by atoms with van der Waals surface area (Å²) in [6.45, 7) is 6.98. The van der Waals surface area contributed by atoms with Gasteiger partial charge in [-0.15, -0.1) is 0 Å². The van der Waals surface area contributed by atoms with Crippen molar-refractivity contribution in [2.45, 2.75) is 20.0 Å². The van der Waals surface area contributed by atoms with Crippen LogP contribution in [0.3, 0.4) is 0 Å². The van der Waals surface area contributed by atoms with Gasteiger partial charge in [-0.3, -0.25) is 0 Å². The van der Waals surface area contributed by atoms with Gasteiger partial charge in [-0.1, -0.05) is 43.0 Å². The zero-order valence-electron chi connectivity index (χ0n) is 9.64. The Morgan fingerprint density at radius 2 is 2.00 bits per heavy atom. The van der Waals surface area contributed by atoms with Crippen molar-refractivity contribution in [3.8, 4) is 0 Å². The second-order valence-electron chi connectivity index (χ2n) is 3.66. The first kappa shape index (κ1) is 12.2. The lowest BCUT2D eigenvalue weighted by atomic mass is 10.2. The second-order valence-corrected chi connectivity index (χ2v) is 3.66. The molecule has 0 saturated carbocycles. The van der Waals surface area contributed by atoms with Gasteiger partial charge in [0.25, 0.3) is 0 Å². The molecule has 0 radical (unpaired) electrons. The second kappa shape index (κ2) is 5.91. The third-order valence-electron chi connectivity index (χ3n) is 2.00. The Hall–Kier alpha value is -1.83. The highest BCUT2D eigenvalue weighted by Crippen LogP contribution is 2.05. The van der Waals surface area contributed by atoms with Gasteiger partial charge in [0, 0.05) is 5.57 Å². The van der Waals surface area contributed by atoms with Crippen LogP contribution in [0.15, 0.2) is 48.6 Å². The van der Waals surface area contributed by atoms with Crippen LogP contribution in [0.5, 0.6) is 0 Å². The van der Waals surface area contributed by atoms with Gasteiger partial charge in [0.05, 0.1) is 0 Å². The maximum atomic E-state index is 11.2. The predicted molar refractivity (Wildman–Crippen MR) is 65.8 cm³/mol. The van der Waals surface area contributed by atoms with Crippen molar-refractivity contribution in [2.24, 2.45) is 0 Å². The summed E-state index contributed by atoms with van der Waals surface area (Å²) < 4.78 is 5.11. The minimum atomic E-state index is -0.356. The highest BCUT2D eigenvalue weighted by Gasteiger charge is 2.06. The van der Waals surface area contributed by atoms with Crippen LogP contribution in [0.1, 0.15) is 19.4 Å². The summed E-state index contributed by atoms with van der Waals surface area (Å²) in [4.78, 5) is 11.2. The Morgan fingerprint density at radius 1 is 1.38 bits per heavy atom. The van der Waals surface area contributed by atoms with Gasteiger partial charge in [0.15, 0.2) is 0 Å². The maximum Gasteiger partial charge on any atom is 0.333 e. The predicted octanol–water partition coefficient (Wildman–Crippen LogP) is 3.21.